The molecule has 1 unspecified atom stereocenters. The summed E-state index contributed by atoms with van der Waals surface area (Å²) < 4.78 is 29.3. The third kappa shape index (κ3) is 5.43. The average molecular weight is 474 g/mol. The van der Waals surface area contributed by atoms with Gasteiger partial charge in [-0.2, -0.15) is 0 Å². The molecule has 1 atom stereocenters. The number of morpholine rings is 1. The van der Waals surface area contributed by atoms with Crippen LogP contribution in [0.15, 0.2) is 4.99 Å². The van der Waals surface area contributed by atoms with E-state index >= 15 is 0 Å². The van der Waals surface area contributed by atoms with E-state index in [1.54, 1.807) is 13.8 Å². The van der Waals surface area contributed by atoms with Gasteiger partial charge in [0.1, 0.15) is 0 Å². The lowest BCUT2D eigenvalue weighted by atomic mass is 10.2. The number of ether oxygens (including phenoxy) is 1. The standard InChI is InChI=1S/C15H30N4O3S.HI/c1-5-16-14(17-10-13-11-18(4)6-8-22-13)19-7-9-23(20,21)15(2,3)12-19;/h13H,5-12H2,1-4H3,(H,16,17);1H. The highest BCUT2D eigenvalue weighted by Gasteiger charge is 2.41. The van der Waals surface area contributed by atoms with Crippen molar-refractivity contribution < 1.29 is 13.2 Å². The molecule has 0 aromatic carbocycles. The highest BCUT2D eigenvalue weighted by molar-refractivity contribution is 14.0. The van der Waals surface area contributed by atoms with Crippen LogP contribution in [0.25, 0.3) is 0 Å². The average Bonchev–Trinajstić information content (AvgIpc) is 2.46. The monoisotopic (exact) mass is 474 g/mol. The first-order chi connectivity index (χ1) is 10.7. The molecule has 2 aliphatic rings. The molecule has 0 saturated carbocycles. The van der Waals surface area contributed by atoms with E-state index in [4.69, 9.17) is 9.73 Å². The highest BCUT2D eigenvalue weighted by atomic mass is 127. The van der Waals surface area contributed by atoms with Crippen LogP contribution in [0.3, 0.4) is 0 Å². The number of hydrogen-bond donors (Lipinski definition) is 1. The van der Waals surface area contributed by atoms with Crippen molar-refractivity contribution in [2.75, 3.05) is 58.7 Å². The molecule has 24 heavy (non-hydrogen) atoms. The number of halogens is 1. The molecule has 0 spiro atoms. The molecule has 2 fully saturated rings. The van der Waals surface area contributed by atoms with E-state index in [1.807, 2.05) is 6.92 Å². The first-order valence-electron chi connectivity index (χ1n) is 8.31. The maximum absolute atomic E-state index is 12.2. The molecule has 7 nitrogen and oxygen atoms in total. The Balaban J connectivity index is 0.00000288. The molecular weight excluding hydrogens is 443 g/mol. The quantitative estimate of drug-likeness (QED) is 0.363. The largest absolute Gasteiger partial charge is 0.374 e. The fourth-order valence-corrected chi connectivity index (χ4v) is 4.28. The summed E-state index contributed by atoms with van der Waals surface area (Å²) in [5.74, 6) is 0.958. The van der Waals surface area contributed by atoms with Gasteiger partial charge >= 0.3 is 0 Å². The minimum absolute atomic E-state index is 0. The second-order valence-corrected chi connectivity index (χ2v) is 9.69. The summed E-state index contributed by atoms with van der Waals surface area (Å²) in [6.45, 7) is 10.5. The molecule has 0 aromatic rings. The van der Waals surface area contributed by atoms with Gasteiger partial charge in [-0.3, -0.25) is 4.99 Å². The minimum Gasteiger partial charge on any atom is -0.374 e. The van der Waals surface area contributed by atoms with Gasteiger partial charge in [-0.25, -0.2) is 8.42 Å². The topological polar surface area (TPSA) is 74.2 Å². The van der Waals surface area contributed by atoms with E-state index in [9.17, 15) is 8.42 Å². The lowest BCUT2D eigenvalue weighted by Gasteiger charge is -2.39. The van der Waals surface area contributed by atoms with E-state index < -0.39 is 14.6 Å². The van der Waals surface area contributed by atoms with Gasteiger partial charge in [0, 0.05) is 32.7 Å². The SMILES string of the molecule is CCNC(=NCC1CN(C)CCO1)N1CCS(=O)(=O)C(C)(C)C1.I. The van der Waals surface area contributed by atoms with Crippen LogP contribution in [0, 0.1) is 0 Å². The summed E-state index contributed by atoms with van der Waals surface area (Å²) in [6.07, 6.45) is 0.101. The second kappa shape index (κ2) is 9.00. The smallest absolute Gasteiger partial charge is 0.194 e. The van der Waals surface area contributed by atoms with Crippen molar-refractivity contribution >= 4 is 39.8 Å². The molecule has 2 saturated heterocycles. The first-order valence-corrected chi connectivity index (χ1v) is 9.96. The number of nitrogens with zero attached hydrogens (tertiary/aromatic N) is 3. The summed E-state index contributed by atoms with van der Waals surface area (Å²) in [5, 5.41) is 3.28. The predicted octanol–water partition coefficient (Wildman–Crippen LogP) is 0.410. The van der Waals surface area contributed by atoms with Gasteiger partial charge in [-0.15, -0.1) is 24.0 Å². The Morgan fingerprint density at radius 3 is 2.67 bits per heavy atom. The molecule has 2 rings (SSSR count). The molecule has 142 valence electrons. The van der Waals surface area contributed by atoms with Crippen LogP contribution in [0.4, 0.5) is 0 Å². The van der Waals surface area contributed by atoms with Crippen molar-refractivity contribution in [1.82, 2.24) is 15.1 Å². The number of likely N-dealkylation sites (N-methyl/N-ethyl adjacent to an activating group) is 1. The maximum atomic E-state index is 12.2. The van der Waals surface area contributed by atoms with Crippen LogP contribution in [0.5, 0.6) is 0 Å². The van der Waals surface area contributed by atoms with Crippen molar-refractivity contribution in [2.24, 2.45) is 4.99 Å². The highest BCUT2D eigenvalue weighted by Crippen LogP contribution is 2.23. The third-order valence-corrected chi connectivity index (χ3v) is 7.00. The maximum Gasteiger partial charge on any atom is 0.194 e. The molecule has 0 bridgehead atoms. The Morgan fingerprint density at radius 2 is 2.08 bits per heavy atom. The Morgan fingerprint density at radius 1 is 1.38 bits per heavy atom. The van der Waals surface area contributed by atoms with E-state index in [-0.39, 0.29) is 35.8 Å². The number of nitrogens with one attached hydrogen (secondary N) is 1. The van der Waals surface area contributed by atoms with Gasteiger partial charge < -0.3 is 19.9 Å². The number of aliphatic imine (C=N–C) groups is 1. The van der Waals surface area contributed by atoms with Gasteiger partial charge in [0.15, 0.2) is 15.8 Å². The van der Waals surface area contributed by atoms with Gasteiger partial charge in [0.2, 0.25) is 0 Å². The van der Waals surface area contributed by atoms with E-state index in [0.717, 1.165) is 32.2 Å². The third-order valence-electron chi connectivity index (χ3n) is 4.46. The van der Waals surface area contributed by atoms with Gasteiger partial charge in [0.05, 0.1) is 29.8 Å². The van der Waals surface area contributed by atoms with Crippen molar-refractivity contribution in [1.29, 1.82) is 0 Å². The number of hydrogen-bond acceptors (Lipinski definition) is 5. The Bertz CT molecular complexity index is 539. The summed E-state index contributed by atoms with van der Waals surface area (Å²) in [7, 11) is -0.955. The lowest BCUT2D eigenvalue weighted by Crippen LogP contribution is -2.57. The molecule has 2 aliphatic heterocycles. The normalized spacial score (nSPS) is 27.4. The summed E-state index contributed by atoms with van der Waals surface area (Å²) in [6, 6.07) is 0. The summed E-state index contributed by atoms with van der Waals surface area (Å²) in [5.41, 5.74) is 0. The van der Waals surface area contributed by atoms with Crippen molar-refractivity contribution in [3.05, 3.63) is 0 Å². The Labute approximate surface area is 163 Å². The molecule has 0 amide bonds. The van der Waals surface area contributed by atoms with Crippen molar-refractivity contribution in [2.45, 2.75) is 31.6 Å². The van der Waals surface area contributed by atoms with Crippen LogP contribution in [0.1, 0.15) is 20.8 Å². The van der Waals surface area contributed by atoms with Crippen LogP contribution >= 0.6 is 24.0 Å². The van der Waals surface area contributed by atoms with E-state index in [2.05, 4.69) is 22.2 Å². The van der Waals surface area contributed by atoms with Crippen molar-refractivity contribution in [3.8, 4) is 0 Å². The van der Waals surface area contributed by atoms with Crippen LogP contribution in [-0.4, -0.2) is 93.7 Å². The van der Waals surface area contributed by atoms with Crippen LogP contribution in [-0.2, 0) is 14.6 Å². The molecule has 0 aromatic heterocycles. The zero-order valence-corrected chi connectivity index (χ0v) is 18.3. The zero-order chi connectivity index (χ0) is 17.1. The van der Waals surface area contributed by atoms with Crippen LogP contribution < -0.4 is 5.32 Å². The Hall–Kier alpha value is -0.130. The molecule has 0 aliphatic carbocycles. The predicted molar refractivity (Wildman–Crippen MR) is 108 cm³/mol. The number of sulfone groups is 1. The van der Waals surface area contributed by atoms with Gasteiger partial charge in [0.25, 0.3) is 0 Å². The summed E-state index contributed by atoms with van der Waals surface area (Å²) >= 11 is 0. The molecule has 0 radical (unpaired) electrons. The van der Waals surface area contributed by atoms with E-state index in [0.29, 0.717) is 19.6 Å². The van der Waals surface area contributed by atoms with Crippen molar-refractivity contribution in [3.63, 3.8) is 0 Å². The molecule has 1 N–H and O–H groups in total. The summed E-state index contributed by atoms with van der Waals surface area (Å²) in [4.78, 5) is 8.99. The zero-order valence-electron chi connectivity index (χ0n) is 15.1. The van der Waals surface area contributed by atoms with Gasteiger partial charge in [-0.05, 0) is 27.8 Å². The fraction of sp³-hybridized carbons (Fsp3) is 0.933. The molecular formula is C15H31IN4O3S. The van der Waals surface area contributed by atoms with Gasteiger partial charge in [-0.1, -0.05) is 0 Å². The molecule has 2 heterocycles. The second-order valence-electron chi connectivity index (χ2n) is 6.95. The minimum atomic E-state index is -3.04. The van der Waals surface area contributed by atoms with E-state index in [1.165, 1.54) is 0 Å². The number of rotatable bonds is 3. The fourth-order valence-electron chi connectivity index (χ4n) is 2.92. The van der Waals surface area contributed by atoms with Crippen LogP contribution in [0.2, 0.25) is 0 Å². The first kappa shape index (κ1) is 21.9. The lowest BCUT2D eigenvalue weighted by molar-refractivity contribution is -0.0137. The molecule has 9 heteroatoms. The Kier molecular flexibility index (Phi) is 8.21. The number of guanidine groups is 1.